The molecule has 15 heavy (non-hydrogen) atoms. The molecule has 0 aliphatic carbocycles. The second kappa shape index (κ2) is 4.59. The summed E-state index contributed by atoms with van der Waals surface area (Å²) in [5, 5.41) is 8.97. The van der Waals surface area contributed by atoms with E-state index in [-0.39, 0.29) is 12.4 Å². The molecule has 1 saturated heterocycles. The van der Waals surface area contributed by atoms with Crippen molar-refractivity contribution in [3.05, 3.63) is 29.6 Å². The number of anilines is 1. The maximum atomic E-state index is 13.2. The Bertz CT molecular complexity index is 337. The Morgan fingerprint density at radius 1 is 1.27 bits per heavy atom. The van der Waals surface area contributed by atoms with Gasteiger partial charge in [-0.2, -0.15) is 0 Å². The number of ether oxygens (including phenoxy) is 1. The van der Waals surface area contributed by atoms with Crippen LogP contribution < -0.4 is 4.90 Å². The summed E-state index contributed by atoms with van der Waals surface area (Å²) in [6.45, 7) is 2.76. The monoisotopic (exact) mass is 211 g/mol. The summed E-state index contributed by atoms with van der Waals surface area (Å²) in [4.78, 5) is 2.06. The molecular formula is C11H14FNO2. The maximum Gasteiger partial charge on any atom is 0.125 e. The van der Waals surface area contributed by atoms with Crippen LogP contribution in [0.4, 0.5) is 10.1 Å². The van der Waals surface area contributed by atoms with Crippen molar-refractivity contribution in [1.82, 2.24) is 0 Å². The van der Waals surface area contributed by atoms with Crippen molar-refractivity contribution in [1.29, 1.82) is 0 Å². The number of aliphatic hydroxyl groups is 1. The molecule has 1 N–H and O–H groups in total. The van der Waals surface area contributed by atoms with Crippen LogP contribution in [0.1, 0.15) is 5.56 Å². The molecular weight excluding hydrogens is 197 g/mol. The highest BCUT2D eigenvalue weighted by molar-refractivity contribution is 5.49. The number of benzene rings is 1. The molecule has 2 rings (SSSR count). The minimum Gasteiger partial charge on any atom is -0.392 e. The average Bonchev–Trinajstić information content (AvgIpc) is 2.29. The minimum atomic E-state index is -0.303. The summed E-state index contributed by atoms with van der Waals surface area (Å²) in [7, 11) is 0. The number of nitrogens with zero attached hydrogens (tertiary/aromatic N) is 1. The van der Waals surface area contributed by atoms with Crippen LogP contribution in [0.2, 0.25) is 0 Å². The normalized spacial score (nSPS) is 16.8. The van der Waals surface area contributed by atoms with Gasteiger partial charge in [-0.1, -0.05) is 0 Å². The van der Waals surface area contributed by atoms with Gasteiger partial charge in [0.15, 0.2) is 0 Å². The van der Waals surface area contributed by atoms with Gasteiger partial charge in [-0.25, -0.2) is 4.39 Å². The van der Waals surface area contributed by atoms with Gasteiger partial charge in [-0.3, -0.25) is 0 Å². The standard InChI is InChI=1S/C11H14FNO2/c12-10-5-9(8-14)6-11(7-10)13-1-3-15-4-2-13/h5-7,14H,1-4,8H2. The fraction of sp³-hybridized carbons (Fsp3) is 0.455. The number of hydrogen-bond acceptors (Lipinski definition) is 3. The van der Waals surface area contributed by atoms with Crippen molar-refractivity contribution in [3.8, 4) is 0 Å². The van der Waals surface area contributed by atoms with Gasteiger partial charge in [0.2, 0.25) is 0 Å². The second-order valence-electron chi connectivity index (χ2n) is 3.58. The fourth-order valence-electron chi connectivity index (χ4n) is 1.73. The van der Waals surface area contributed by atoms with Gasteiger partial charge in [0.25, 0.3) is 0 Å². The van der Waals surface area contributed by atoms with Crippen LogP contribution in [0.25, 0.3) is 0 Å². The molecule has 1 aromatic rings. The van der Waals surface area contributed by atoms with E-state index in [4.69, 9.17) is 9.84 Å². The molecule has 1 heterocycles. The van der Waals surface area contributed by atoms with E-state index >= 15 is 0 Å². The zero-order valence-electron chi connectivity index (χ0n) is 8.45. The number of halogens is 1. The Balaban J connectivity index is 2.22. The van der Waals surface area contributed by atoms with Crippen molar-refractivity contribution < 1.29 is 14.2 Å². The number of aliphatic hydroxyl groups excluding tert-OH is 1. The number of morpholine rings is 1. The molecule has 0 amide bonds. The second-order valence-corrected chi connectivity index (χ2v) is 3.58. The predicted molar refractivity (Wildman–Crippen MR) is 55.4 cm³/mol. The van der Waals surface area contributed by atoms with E-state index in [9.17, 15) is 4.39 Å². The molecule has 0 bridgehead atoms. The highest BCUT2D eigenvalue weighted by Gasteiger charge is 2.12. The maximum absolute atomic E-state index is 13.2. The lowest BCUT2D eigenvalue weighted by molar-refractivity contribution is 0.122. The predicted octanol–water partition coefficient (Wildman–Crippen LogP) is 1.15. The van der Waals surface area contributed by atoms with Gasteiger partial charge >= 0.3 is 0 Å². The largest absolute Gasteiger partial charge is 0.392 e. The molecule has 0 spiro atoms. The zero-order chi connectivity index (χ0) is 10.7. The summed E-state index contributed by atoms with van der Waals surface area (Å²) in [6.07, 6.45) is 0. The smallest absolute Gasteiger partial charge is 0.125 e. The first kappa shape index (κ1) is 10.4. The molecule has 0 unspecified atom stereocenters. The highest BCUT2D eigenvalue weighted by Crippen LogP contribution is 2.19. The van der Waals surface area contributed by atoms with E-state index in [1.807, 2.05) is 6.07 Å². The van der Waals surface area contributed by atoms with Gasteiger partial charge in [0, 0.05) is 18.8 Å². The Morgan fingerprint density at radius 2 is 2.00 bits per heavy atom. The van der Waals surface area contributed by atoms with Crippen LogP contribution in [0.3, 0.4) is 0 Å². The molecule has 0 atom stereocenters. The molecule has 4 heteroatoms. The van der Waals surface area contributed by atoms with Crippen LogP contribution in [-0.4, -0.2) is 31.4 Å². The van der Waals surface area contributed by atoms with Crippen LogP contribution in [-0.2, 0) is 11.3 Å². The molecule has 1 aromatic carbocycles. The minimum absolute atomic E-state index is 0.130. The first-order valence-electron chi connectivity index (χ1n) is 5.02. The van der Waals surface area contributed by atoms with Gasteiger partial charge < -0.3 is 14.7 Å². The molecule has 1 fully saturated rings. The summed E-state index contributed by atoms with van der Waals surface area (Å²) >= 11 is 0. The van der Waals surface area contributed by atoms with Crippen molar-refractivity contribution in [2.75, 3.05) is 31.2 Å². The van der Waals surface area contributed by atoms with Crippen LogP contribution in [0.15, 0.2) is 18.2 Å². The Kier molecular flexibility index (Phi) is 3.18. The van der Waals surface area contributed by atoms with E-state index in [0.717, 1.165) is 18.8 Å². The lowest BCUT2D eigenvalue weighted by atomic mass is 10.2. The third kappa shape index (κ3) is 2.46. The summed E-state index contributed by atoms with van der Waals surface area (Å²) in [5.41, 5.74) is 1.43. The lowest BCUT2D eigenvalue weighted by Crippen LogP contribution is -2.36. The molecule has 1 aliphatic rings. The Morgan fingerprint density at radius 3 is 2.67 bits per heavy atom. The van der Waals surface area contributed by atoms with E-state index in [1.165, 1.54) is 12.1 Å². The quantitative estimate of drug-likeness (QED) is 0.796. The van der Waals surface area contributed by atoms with E-state index in [0.29, 0.717) is 18.8 Å². The molecule has 1 aliphatic heterocycles. The van der Waals surface area contributed by atoms with Crippen molar-refractivity contribution in [2.45, 2.75) is 6.61 Å². The van der Waals surface area contributed by atoms with Gasteiger partial charge in [-0.05, 0) is 23.8 Å². The van der Waals surface area contributed by atoms with Crippen molar-refractivity contribution in [2.24, 2.45) is 0 Å². The average molecular weight is 211 g/mol. The van der Waals surface area contributed by atoms with Gasteiger partial charge in [0.05, 0.1) is 19.8 Å². The highest BCUT2D eigenvalue weighted by atomic mass is 19.1. The molecule has 0 aromatic heterocycles. The van der Waals surface area contributed by atoms with Gasteiger partial charge in [0.1, 0.15) is 5.82 Å². The lowest BCUT2D eigenvalue weighted by Gasteiger charge is -2.29. The molecule has 0 radical (unpaired) electrons. The van der Waals surface area contributed by atoms with E-state index < -0.39 is 0 Å². The first-order valence-corrected chi connectivity index (χ1v) is 5.02. The third-order valence-corrected chi connectivity index (χ3v) is 2.50. The van der Waals surface area contributed by atoms with Crippen molar-refractivity contribution in [3.63, 3.8) is 0 Å². The fourth-order valence-corrected chi connectivity index (χ4v) is 1.73. The molecule has 82 valence electrons. The SMILES string of the molecule is OCc1cc(F)cc(N2CCOCC2)c1. The number of rotatable bonds is 2. The van der Waals surface area contributed by atoms with Crippen LogP contribution >= 0.6 is 0 Å². The summed E-state index contributed by atoms with van der Waals surface area (Å²) in [6, 6.07) is 4.66. The number of hydrogen-bond donors (Lipinski definition) is 1. The zero-order valence-corrected chi connectivity index (χ0v) is 8.45. The van der Waals surface area contributed by atoms with E-state index in [1.54, 1.807) is 0 Å². The summed E-state index contributed by atoms with van der Waals surface area (Å²) < 4.78 is 18.4. The molecule has 3 nitrogen and oxygen atoms in total. The van der Waals surface area contributed by atoms with Crippen LogP contribution in [0, 0.1) is 5.82 Å². The Labute approximate surface area is 88.1 Å². The summed E-state index contributed by atoms with van der Waals surface area (Å²) in [5.74, 6) is -0.303. The van der Waals surface area contributed by atoms with Crippen LogP contribution in [0.5, 0.6) is 0 Å². The molecule has 0 saturated carbocycles. The third-order valence-electron chi connectivity index (χ3n) is 2.50. The van der Waals surface area contributed by atoms with Gasteiger partial charge in [-0.15, -0.1) is 0 Å². The van der Waals surface area contributed by atoms with E-state index in [2.05, 4.69) is 4.90 Å². The Hall–Kier alpha value is -1.13. The first-order chi connectivity index (χ1) is 7.29. The topological polar surface area (TPSA) is 32.7 Å². The van der Waals surface area contributed by atoms with Crippen molar-refractivity contribution >= 4 is 5.69 Å².